The van der Waals surface area contributed by atoms with Gasteiger partial charge in [-0.1, -0.05) is 0 Å². The molecule has 0 unspecified atom stereocenters. The van der Waals surface area contributed by atoms with E-state index >= 15 is 0 Å². The van der Waals surface area contributed by atoms with Gasteiger partial charge < -0.3 is 10.1 Å². The Morgan fingerprint density at radius 1 is 1.48 bits per heavy atom. The van der Waals surface area contributed by atoms with Crippen molar-refractivity contribution in [2.75, 3.05) is 0 Å². The van der Waals surface area contributed by atoms with Crippen LogP contribution in [0.4, 0.5) is 5.82 Å². The average Bonchev–Trinajstić information content (AvgIpc) is 3.00. The lowest BCUT2D eigenvalue weighted by Crippen LogP contribution is -2.21. The number of hydrogen-bond acceptors (Lipinski definition) is 6. The summed E-state index contributed by atoms with van der Waals surface area (Å²) in [7, 11) is 1.74. The van der Waals surface area contributed by atoms with Crippen molar-refractivity contribution in [2.45, 2.75) is 20.4 Å². The lowest BCUT2D eigenvalue weighted by Gasteiger charge is -2.01. The zero-order chi connectivity index (χ0) is 17.1. The minimum atomic E-state index is -0.555. The Kier molecular flexibility index (Phi) is 5.08. The molecule has 10 nitrogen and oxygen atoms in total. The minimum Gasteiger partial charge on any atom is -0.358 e. The number of aromatic nitrogens is 4. The van der Waals surface area contributed by atoms with Crippen molar-refractivity contribution >= 4 is 40.0 Å². The van der Waals surface area contributed by atoms with Gasteiger partial charge in [0, 0.05) is 13.1 Å². The van der Waals surface area contributed by atoms with Gasteiger partial charge in [0.25, 0.3) is 5.91 Å². The van der Waals surface area contributed by atoms with Crippen molar-refractivity contribution < 1.29 is 9.72 Å². The van der Waals surface area contributed by atoms with E-state index in [-0.39, 0.29) is 18.1 Å². The Balaban J connectivity index is 2.03. The van der Waals surface area contributed by atoms with Gasteiger partial charge in [0.05, 0.1) is 26.3 Å². The summed E-state index contributed by atoms with van der Waals surface area (Å²) in [6.07, 6.45) is 0. The largest absolute Gasteiger partial charge is 0.390 e. The fraction of sp³-hybridized carbons (Fsp3) is 0.333. The summed E-state index contributed by atoms with van der Waals surface area (Å²) in [5.41, 5.74) is 3.85. The second-order valence-corrected chi connectivity index (χ2v) is 5.93. The molecule has 2 rings (SSSR count). The number of nitro groups is 1. The first-order chi connectivity index (χ1) is 10.8. The van der Waals surface area contributed by atoms with E-state index in [9.17, 15) is 14.9 Å². The number of nitrogens with zero attached hydrogens (tertiary/aromatic N) is 6. The molecule has 0 aromatic carbocycles. The molecule has 0 spiro atoms. The maximum atomic E-state index is 11.9. The SMILES string of the molecule is C/C(Cn1nc([N+](=O)[O-])cc1C)=N\NC(=O)c1cc(I)n(C)n1. The summed E-state index contributed by atoms with van der Waals surface area (Å²) in [4.78, 5) is 22.0. The predicted molar refractivity (Wildman–Crippen MR) is 90.1 cm³/mol. The highest BCUT2D eigenvalue weighted by Gasteiger charge is 2.16. The normalized spacial score (nSPS) is 11.6. The van der Waals surface area contributed by atoms with Crippen LogP contribution in [0.1, 0.15) is 23.1 Å². The fourth-order valence-corrected chi connectivity index (χ4v) is 2.16. The fourth-order valence-electron chi connectivity index (χ4n) is 1.75. The van der Waals surface area contributed by atoms with Gasteiger partial charge in [-0.05, 0) is 41.4 Å². The van der Waals surface area contributed by atoms with Crippen molar-refractivity contribution in [1.29, 1.82) is 0 Å². The number of hydrazone groups is 1. The lowest BCUT2D eigenvalue weighted by atomic mass is 10.4. The van der Waals surface area contributed by atoms with Crippen LogP contribution >= 0.6 is 22.6 Å². The van der Waals surface area contributed by atoms with E-state index in [1.54, 1.807) is 31.6 Å². The number of aryl methyl sites for hydroxylation is 2. The van der Waals surface area contributed by atoms with Gasteiger partial charge >= 0.3 is 5.82 Å². The Bertz CT molecular complexity index is 773. The molecule has 0 fully saturated rings. The van der Waals surface area contributed by atoms with Crippen LogP contribution in [-0.2, 0) is 13.6 Å². The third-order valence-electron chi connectivity index (χ3n) is 2.94. The molecule has 0 bridgehead atoms. The van der Waals surface area contributed by atoms with E-state index in [0.717, 1.165) is 3.70 Å². The van der Waals surface area contributed by atoms with E-state index in [4.69, 9.17) is 0 Å². The molecule has 122 valence electrons. The molecule has 2 heterocycles. The van der Waals surface area contributed by atoms with Crippen LogP contribution in [-0.4, -0.2) is 36.1 Å². The third-order valence-corrected chi connectivity index (χ3v) is 3.95. The molecule has 0 radical (unpaired) electrons. The molecule has 0 saturated heterocycles. The van der Waals surface area contributed by atoms with E-state index in [1.165, 1.54) is 10.7 Å². The Morgan fingerprint density at radius 3 is 2.70 bits per heavy atom. The molecule has 2 aromatic heterocycles. The van der Waals surface area contributed by atoms with Gasteiger partial charge in [0.1, 0.15) is 6.54 Å². The standard InChI is InChI=1S/C12H14IN7O3/c1-7(6-19-8(2)4-11(17-19)20(22)23)14-15-12(21)9-5-10(13)18(3)16-9/h4-5H,6H2,1-3H3,(H,15,21)/b14-7+. The number of rotatable bonds is 5. The first-order valence-corrected chi connectivity index (χ1v) is 7.57. The van der Waals surface area contributed by atoms with E-state index in [2.05, 4.69) is 43.3 Å². The van der Waals surface area contributed by atoms with Crippen LogP contribution in [0.25, 0.3) is 0 Å². The smallest absolute Gasteiger partial charge is 0.358 e. The van der Waals surface area contributed by atoms with Gasteiger partial charge in [-0.25, -0.2) is 5.43 Å². The number of carbonyl (C=O) groups excluding carboxylic acids is 1. The highest BCUT2D eigenvalue weighted by molar-refractivity contribution is 14.1. The molecule has 0 aliphatic carbocycles. The van der Waals surface area contributed by atoms with Crippen LogP contribution in [0.5, 0.6) is 0 Å². The van der Waals surface area contributed by atoms with Crippen LogP contribution in [0.3, 0.4) is 0 Å². The first kappa shape index (κ1) is 17.1. The van der Waals surface area contributed by atoms with Crippen LogP contribution < -0.4 is 5.43 Å². The topological polar surface area (TPSA) is 120 Å². The summed E-state index contributed by atoms with van der Waals surface area (Å²) in [6, 6.07) is 3.02. The number of hydrogen-bond donors (Lipinski definition) is 1. The molecule has 0 atom stereocenters. The Morgan fingerprint density at radius 2 is 2.17 bits per heavy atom. The molecule has 0 saturated carbocycles. The highest BCUT2D eigenvalue weighted by atomic mass is 127. The zero-order valence-corrected chi connectivity index (χ0v) is 14.8. The molecule has 11 heteroatoms. The Hall–Kier alpha value is -2.31. The van der Waals surface area contributed by atoms with Crippen LogP contribution in [0.2, 0.25) is 0 Å². The number of halogens is 1. The highest BCUT2D eigenvalue weighted by Crippen LogP contribution is 2.10. The molecule has 0 aliphatic rings. The third kappa shape index (κ3) is 4.12. The summed E-state index contributed by atoms with van der Waals surface area (Å²) in [5.74, 6) is -0.645. The quantitative estimate of drug-likeness (QED) is 0.331. The summed E-state index contributed by atoms with van der Waals surface area (Å²) >= 11 is 2.06. The predicted octanol–water partition coefficient (Wildman–Crippen LogP) is 1.24. The molecule has 2 aromatic rings. The Labute approximate surface area is 144 Å². The van der Waals surface area contributed by atoms with Crippen molar-refractivity contribution in [3.8, 4) is 0 Å². The average molecular weight is 431 g/mol. The van der Waals surface area contributed by atoms with E-state index in [0.29, 0.717) is 11.4 Å². The van der Waals surface area contributed by atoms with E-state index < -0.39 is 10.8 Å². The first-order valence-electron chi connectivity index (χ1n) is 6.50. The molecule has 1 amide bonds. The van der Waals surface area contributed by atoms with Gasteiger partial charge in [-0.15, -0.1) is 0 Å². The minimum absolute atomic E-state index is 0.220. The van der Waals surface area contributed by atoms with Gasteiger partial charge in [-0.3, -0.25) is 9.48 Å². The number of carbonyl (C=O) groups is 1. The molecule has 0 aliphatic heterocycles. The lowest BCUT2D eigenvalue weighted by molar-refractivity contribution is -0.389. The van der Waals surface area contributed by atoms with Gasteiger partial charge in [0.15, 0.2) is 5.69 Å². The maximum absolute atomic E-state index is 11.9. The second kappa shape index (κ2) is 6.85. The van der Waals surface area contributed by atoms with Crippen LogP contribution in [0.15, 0.2) is 17.2 Å². The molecule has 1 N–H and O–H groups in total. The van der Waals surface area contributed by atoms with Crippen molar-refractivity contribution in [1.82, 2.24) is 25.0 Å². The molecule has 23 heavy (non-hydrogen) atoms. The second-order valence-electron chi connectivity index (χ2n) is 4.82. The van der Waals surface area contributed by atoms with Crippen molar-refractivity contribution in [2.24, 2.45) is 12.1 Å². The number of amides is 1. The van der Waals surface area contributed by atoms with Gasteiger partial charge in [-0.2, -0.15) is 14.9 Å². The van der Waals surface area contributed by atoms with Crippen LogP contribution in [0, 0.1) is 20.7 Å². The maximum Gasteiger partial charge on any atom is 0.390 e. The zero-order valence-electron chi connectivity index (χ0n) is 12.6. The van der Waals surface area contributed by atoms with Gasteiger partial charge in [0.2, 0.25) is 0 Å². The van der Waals surface area contributed by atoms with Crippen molar-refractivity contribution in [3.63, 3.8) is 0 Å². The number of nitrogens with one attached hydrogen (secondary N) is 1. The summed E-state index contributed by atoms with van der Waals surface area (Å²) < 4.78 is 3.86. The van der Waals surface area contributed by atoms with Crippen molar-refractivity contribution in [3.05, 3.63) is 37.3 Å². The van der Waals surface area contributed by atoms with E-state index in [1.807, 2.05) is 0 Å². The molecular weight excluding hydrogens is 417 g/mol. The summed E-state index contributed by atoms with van der Waals surface area (Å²) in [6.45, 7) is 3.64. The monoisotopic (exact) mass is 431 g/mol. The molecular formula is C12H14IN7O3. The summed E-state index contributed by atoms with van der Waals surface area (Å²) in [5, 5.41) is 22.6.